The van der Waals surface area contributed by atoms with Crippen molar-refractivity contribution >= 4 is 29.5 Å². The molecule has 138 valence electrons. The number of carboxylic acids is 1. The number of carbonyl (C=O) groups excluding carboxylic acids is 2. The van der Waals surface area contributed by atoms with E-state index < -0.39 is 29.4 Å². The van der Waals surface area contributed by atoms with Gasteiger partial charge in [0.25, 0.3) is 0 Å². The van der Waals surface area contributed by atoms with E-state index >= 15 is 0 Å². The van der Waals surface area contributed by atoms with E-state index in [4.69, 9.17) is 10.8 Å². The molecule has 1 aromatic rings. The molecular weight excluding hydrogens is 346 g/mol. The largest absolute Gasteiger partial charge is 0.480 e. The molecule has 0 saturated carbocycles. The van der Waals surface area contributed by atoms with Crippen LogP contribution in [0, 0.1) is 0 Å². The van der Waals surface area contributed by atoms with Gasteiger partial charge in [-0.1, -0.05) is 30.3 Å². The van der Waals surface area contributed by atoms with Gasteiger partial charge >= 0.3 is 5.97 Å². The number of carboxylic acid groups (broad SMARTS) is 1. The Hall–Kier alpha value is -2.10. The number of nitrogens with one attached hydrogen (secondary N) is 2. The molecule has 0 aliphatic rings. The summed E-state index contributed by atoms with van der Waals surface area (Å²) < 4.78 is 0. The molecule has 0 spiro atoms. The van der Waals surface area contributed by atoms with Crippen LogP contribution >= 0.6 is 11.8 Å². The molecular formula is C16H23N3O5S. The molecule has 1 aromatic carbocycles. The predicted octanol–water partition coefficient (Wildman–Crippen LogP) is -0.686. The average molecular weight is 369 g/mol. The van der Waals surface area contributed by atoms with Crippen molar-refractivity contribution < 1.29 is 24.6 Å². The van der Waals surface area contributed by atoms with E-state index in [0.717, 1.165) is 17.3 Å². The van der Waals surface area contributed by atoms with Crippen molar-refractivity contribution in [2.45, 2.75) is 30.9 Å². The minimum absolute atomic E-state index is 0.0194. The lowest BCUT2D eigenvalue weighted by atomic mass is 10.1. The maximum atomic E-state index is 12.3. The van der Waals surface area contributed by atoms with E-state index in [1.165, 1.54) is 6.92 Å². The van der Waals surface area contributed by atoms with Gasteiger partial charge in [-0.15, -0.1) is 11.8 Å². The minimum atomic E-state index is -1.16. The monoisotopic (exact) mass is 369 g/mol. The number of rotatable bonds is 10. The van der Waals surface area contributed by atoms with Gasteiger partial charge in [0.15, 0.2) is 0 Å². The van der Waals surface area contributed by atoms with Crippen LogP contribution in [0.1, 0.15) is 12.5 Å². The summed E-state index contributed by atoms with van der Waals surface area (Å²) in [5.74, 6) is -1.90. The fraction of sp³-hybridized carbons (Fsp3) is 0.438. The van der Waals surface area contributed by atoms with E-state index in [1.54, 1.807) is 0 Å². The van der Waals surface area contributed by atoms with Crippen LogP contribution in [0.3, 0.4) is 0 Å². The van der Waals surface area contributed by atoms with Gasteiger partial charge in [-0.25, -0.2) is 0 Å². The first-order valence-electron chi connectivity index (χ1n) is 7.66. The van der Waals surface area contributed by atoms with Crippen LogP contribution in [-0.2, 0) is 20.8 Å². The third-order valence-electron chi connectivity index (χ3n) is 3.21. The third kappa shape index (κ3) is 8.52. The highest BCUT2D eigenvalue weighted by molar-refractivity contribution is 7.99. The van der Waals surface area contributed by atoms with Gasteiger partial charge in [-0.2, -0.15) is 0 Å². The number of hydrogen-bond donors (Lipinski definition) is 5. The number of carbonyl (C=O) groups is 3. The van der Waals surface area contributed by atoms with Crippen molar-refractivity contribution in [2.75, 3.05) is 12.3 Å². The zero-order valence-corrected chi connectivity index (χ0v) is 14.7. The second-order valence-corrected chi connectivity index (χ2v) is 6.63. The molecule has 2 amide bonds. The lowest BCUT2D eigenvalue weighted by molar-refractivity contribution is -0.138. The van der Waals surface area contributed by atoms with Crippen LogP contribution in [0.15, 0.2) is 30.3 Å². The molecule has 0 fully saturated rings. The van der Waals surface area contributed by atoms with Crippen LogP contribution in [0.4, 0.5) is 0 Å². The Morgan fingerprint density at radius 1 is 1.24 bits per heavy atom. The van der Waals surface area contributed by atoms with Crippen LogP contribution in [-0.4, -0.2) is 57.8 Å². The van der Waals surface area contributed by atoms with Crippen molar-refractivity contribution in [3.63, 3.8) is 0 Å². The van der Waals surface area contributed by atoms with Crippen molar-refractivity contribution in [1.82, 2.24) is 10.6 Å². The average Bonchev–Trinajstić information content (AvgIpc) is 2.57. The molecule has 9 heteroatoms. The third-order valence-corrected chi connectivity index (χ3v) is 4.32. The van der Waals surface area contributed by atoms with Gasteiger partial charge in [-0.3, -0.25) is 14.4 Å². The molecule has 3 atom stereocenters. The van der Waals surface area contributed by atoms with Gasteiger partial charge < -0.3 is 26.6 Å². The fourth-order valence-electron chi connectivity index (χ4n) is 1.96. The smallest absolute Gasteiger partial charge is 0.321 e. The molecule has 1 rings (SSSR count). The van der Waals surface area contributed by atoms with Gasteiger partial charge in [0, 0.05) is 19.1 Å². The van der Waals surface area contributed by atoms with Gasteiger partial charge in [0.2, 0.25) is 11.8 Å². The SMILES string of the molecule is CC(=O)NC(Cc1ccccc1)C(=O)NCC(O)SCC(N)C(=O)O. The molecule has 0 aliphatic heterocycles. The zero-order valence-electron chi connectivity index (χ0n) is 13.8. The quantitative estimate of drug-likeness (QED) is 0.344. The number of benzene rings is 1. The highest BCUT2D eigenvalue weighted by atomic mass is 32.2. The lowest BCUT2D eigenvalue weighted by Crippen LogP contribution is -2.48. The van der Waals surface area contributed by atoms with Crippen LogP contribution in [0.5, 0.6) is 0 Å². The standard InChI is InChI=1S/C16H23N3O5S/c1-10(20)19-13(7-11-5-3-2-4-6-11)15(22)18-8-14(21)25-9-12(17)16(23)24/h2-6,12-14,21H,7-9,17H2,1H3,(H,18,22)(H,19,20)(H,23,24). The molecule has 8 nitrogen and oxygen atoms in total. The highest BCUT2D eigenvalue weighted by Gasteiger charge is 2.21. The molecule has 0 aliphatic carbocycles. The first kappa shape index (κ1) is 20.9. The molecule has 6 N–H and O–H groups in total. The van der Waals surface area contributed by atoms with Crippen LogP contribution in [0.2, 0.25) is 0 Å². The van der Waals surface area contributed by atoms with Crippen molar-refractivity contribution in [1.29, 1.82) is 0 Å². The maximum Gasteiger partial charge on any atom is 0.321 e. The van der Waals surface area contributed by atoms with E-state index in [1.807, 2.05) is 30.3 Å². The van der Waals surface area contributed by atoms with Gasteiger partial charge in [-0.05, 0) is 5.56 Å². The summed E-state index contributed by atoms with van der Waals surface area (Å²) in [6.45, 7) is 1.24. The van der Waals surface area contributed by atoms with E-state index in [-0.39, 0.29) is 18.2 Å². The molecule has 0 aromatic heterocycles. The van der Waals surface area contributed by atoms with Gasteiger partial charge in [0.05, 0.1) is 6.54 Å². The van der Waals surface area contributed by atoms with Gasteiger partial charge in [0.1, 0.15) is 17.5 Å². The number of nitrogens with two attached hydrogens (primary N) is 1. The topological polar surface area (TPSA) is 142 Å². The predicted molar refractivity (Wildman–Crippen MR) is 94.8 cm³/mol. The Balaban J connectivity index is 2.51. The summed E-state index contributed by atoms with van der Waals surface area (Å²) in [5.41, 5.74) is 5.23. The number of thioether (sulfide) groups is 1. The molecule has 0 heterocycles. The molecule has 3 unspecified atom stereocenters. The second kappa shape index (κ2) is 10.7. The van der Waals surface area contributed by atoms with Crippen LogP contribution < -0.4 is 16.4 Å². The Labute approximate surface area is 150 Å². The summed E-state index contributed by atoms with van der Waals surface area (Å²) >= 11 is 0.932. The summed E-state index contributed by atoms with van der Waals surface area (Å²) in [6.07, 6.45) is 0.319. The number of aliphatic hydroxyl groups is 1. The summed E-state index contributed by atoms with van der Waals surface area (Å²) in [5, 5.41) is 23.6. The normalized spacial score (nSPS) is 14.2. The highest BCUT2D eigenvalue weighted by Crippen LogP contribution is 2.09. The molecule has 25 heavy (non-hydrogen) atoms. The molecule has 0 radical (unpaired) electrons. The molecule has 0 bridgehead atoms. The Morgan fingerprint density at radius 3 is 2.44 bits per heavy atom. The summed E-state index contributed by atoms with van der Waals surface area (Å²) in [4.78, 5) is 34.2. The zero-order chi connectivity index (χ0) is 18.8. The summed E-state index contributed by atoms with van der Waals surface area (Å²) in [6, 6.07) is 7.37. The van der Waals surface area contributed by atoms with Crippen molar-refractivity contribution in [2.24, 2.45) is 5.73 Å². The minimum Gasteiger partial charge on any atom is -0.480 e. The molecule has 0 saturated heterocycles. The van der Waals surface area contributed by atoms with Crippen LogP contribution in [0.25, 0.3) is 0 Å². The number of amides is 2. The Kier molecular flexibility index (Phi) is 8.96. The number of hydrogen-bond acceptors (Lipinski definition) is 6. The van der Waals surface area contributed by atoms with E-state index in [9.17, 15) is 19.5 Å². The maximum absolute atomic E-state index is 12.3. The lowest BCUT2D eigenvalue weighted by Gasteiger charge is -2.19. The fourth-order valence-corrected chi connectivity index (χ4v) is 2.73. The van der Waals surface area contributed by atoms with Crippen molar-refractivity contribution in [3.8, 4) is 0 Å². The van der Waals surface area contributed by atoms with Crippen molar-refractivity contribution in [3.05, 3.63) is 35.9 Å². The number of aliphatic carboxylic acids is 1. The Bertz CT molecular complexity index is 584. The Morgan fingerprint density at radius 2 is 1.88 bits per heavy atom. The summed E-state index contributed by atoms with van der Waals surface area (Å²) in [7, 11) is 0. The second-order valence-electron chi connectivity index (χ2n) is 5.42. The number of aliphatic hydroxyl groups excluding tert-OH is 1. The first-order chi connectivity index (χ1) is 11.8. The first-order valence-corrected chi connectivity index (χ1v) is 8.71. The van der Waals surface area contributed by atoms with E-state index in [2.05, 4.69) is 10.6 Å². The van der Waals surface area contributed by atoms with E-state index in [0.29, 0.717) is 6.42 Å².